The molecule has 0 saturated heterocycles. The van der Waals surface area contributed by atoms with Gasteiger partial charge in [-0.2, -0.15) is 0 Å². The summed E-state index contributed by atoms with van der Waals surface area (Å²) >= 11 is 0. The minimum absolute atomic E-state index is 0.141. The third-order valence-electron chi connectivity index (χ3n) is 3.65. The molecular formula is C20H25NO4. The molecule has 1 amide bonds. The molecule has 5 heteroatoms. The number of aryl methyl sites for hydroxylation is 1. The van der Waals surface area contributed by atoms with Crippen molar-refractivity contribution >= 4 is 5.91 Å². The summed E-state index contributed by atoms with van der Waals surface area (Å²) in [5.41, 5.74) is 1.18. The first-order chi connectivity index (χ1) is 12.0. The summed E-state index contributed by atoms with van der Waals surface area (Å²) in [5, 5.41) is 2.89. The van der Waals surface area contributed by atoms with Crippen LogP contribution < -0.4 is 19.5 Å². The number of carbonyl (C=O) groups excluding carboxylic acids is 1. The number of nitrogens with one attached hydrogen (secondary N) is 1. The Kier molecular flexibility index (Phi) is 6.69. The average Bonchev–Trinajstić information content (AvgIpc) is 2.61. The van der Waals surface area contributed by atoms with Crippen LogP contribution in [0.5, 0.6) is 17.2 Å². The smallest absolute Gasteiger partial charge is 0.261 e. The van der Waals surface area contributed by atoms with Crippen molar-refractivity contribution in [1.82, 2.24) is 5.32 Å². The predicted molar refractivity (Wildman–Crippen MR) is 97.4 cm³/mol. The lowest BCUT2D eigenvalue weighted by Gasteiger charge is -2.20. The van der Waals surface area contributed by atoms with E-state index in [4.69, 9.17) is 14.2 Å². The van der Waals surface area contributed by atoms with Crippen LogP contribution in [0.25, 0.3) is 0 Å². The van der Waals surface area contributed by atoms with Gasteiger partial charge in [0.2, 0.25) is 0 Å². The second kappa shape index (κ2) is 8.97. The second-order valence-corrected chi connectivity index (χ2v) is 5.94. The first-order valence-electron chi connectivity index (χ1n) is 8.29. The lowest BCUT2D eigenvalue weighted by molar-refractivity contribution is -0.128. The summed E-state index contributed by atoms with van der Waals surface area (Å²) in [6, 6.07) is 14.9. The molecule has 0 spiro atoms. The van der Waals surface area contributed by atoms with Gasteiger partial charge in [0.1, 0.15) is 12.4 Å². The van der Waals surface area contributed by atoms with Crippen LogP contribution in [0.4, 0.5) is 0 Å². The molecule has 2 rings (SSSR count). The molecule has 0 heterocycles. The molecule has 2 aromatic rings. The number of ether oxygens (including phenoxy) is 3. The van der Waals surface area contributed by atoms with Crippen LogP contribution in [0.1, 0.15) is 19.4 Å². The topological polar surface area (TPSA) is 56.8 Å². The highest BCUT2D eigenvalue weighted by Gasteiger charge is 2.18. The molecule has 0 aliphatic heterocycles. The fourth-order valence-corrected chi connectivity index (χ4v) is 2.22. The zero-order chi connectivity index (χ0) is 18.2. The van der Waals surface area contributed by atoms with Crippen molar-refractivity contribution in [2.75, 3.05) is 13.7 Å². The Labute approximate surface area is 148 Å². The monoisotopic (exact) mass is 343 g/mol. The summed E-state index contributed by atoms with van der Waals surface area (Å²) < 4.78 is 16.6. The van der Waals surface area contributed by atoms with E-state index in [1.807, 2.05) is 50.2 Å². The molecule has 0 fully saturated rings. The first kappa shape index (κ1) is 18.6. The van der Waals surface area contributed by atoms with Crippen molar-refractivity contribution in [1.29, 1.82) is 0 Å². The van der Waals surface area contributed by atoms with Crippen molar-refractivity contribution in [2.45, 2.75) is 32.9 Å². The quantitative estimate of drug-likeness (QED) is 0.798. The molecule has 0 aromatic heterocycles. The number of amides is 1. The maximum absolute atomic E-state index is 12.3. The van der Waals surface area contributed by atoms with E-state index in [2.05, 4.69) is 5.32 Å². The Morgan fingerprint density at radius 2 is 1.68 bits per heavy atom. The van der Waals surface area contributed by atoms with E-state index in [9.17, 15) is 4.79 Å². The summed E-state index contributed by atoms with van der Waals surface area (Å²) in [5.74, 6) is 1.71. The van der Waals surface area contributed by atoms with Gasteiger partial charge in [-0.3, -0.25) is 4.79 Å². The molecule has 25 heavy (non-hydrogen) atoms. The number of carbonyl (C=O) groups is 1. The van der Waals surface area contributed by atoms with Gasteiger partial charge in [-0.15, -0.1) is 0 Å². The van der Waals surface area contributed by atoms with E-state index in [-0.39, 0.29) is 11.9 Å². The Morgan fingerprint density at radius 1 is 1.04 bits per heavy atom. The SMILES string of the molecule is COc1ccccc1O[C@H](C)C(=O)N[C@H](C)COc1ccc(C)cc1. The van der Waals surface area contributed by atoms with E-state index < -0.39 is 6.10 Å². The molecule has 0 bridgehead atoms. The second-order valence-electron chi connectivity index (χ2n) is 5.94. The van der Waals surface area contributed by atoms with E-state index in [0.29, 0.717) is 18.1 Å². The van der Waals surface area contributed by atoms with Crippen molar-refractivity contribution in [3.05, 3.63) is 54.1 Å². The Balaban J connectivity index is 1.82. The average molecular weight is 343 g/mol. The van der Waals surface area contributed by atoms with Gasteiger partial charge in [0, 0.05) is 0 Å². The van der Waals surface area contributed by atoms with Crippen LogP contribution in [0.3, 0.4) is 0 Å². The van der Waals surface area contributed by atoms with Gasteiger partial charge in [0.25, 0.3) is 5.91 Å². The molecule has 0 radical (unpaired) electrons. The van der Waals surface area contributed by atoms with Crippen LogP contribution in [0.2, 0.25) is 0 Å². The summed E-state index contributed by atoms with van der Waals surface area (Å²) in [6.45, 7) is 6.00. The van der Waals surface area contributed by atoms with Gasteiger partial charge in [-0.25, -0.2) is 0 Å². The van der Waals surface area contributed by atoms with Crippen molar-refractivity contribution in [3.63, 3.8) is 0 Å². The normalized spacial score (nSPS) is 12.8. The van der Waals surface area contributed by atoms with Crippen molar-refractivity contribution < 1.29 is 19.0 Å². The van der Waals surface area contributed by atoms with Gasteiger partial charge in [0.15, 0.2) is 17.6 Å². The number of methoxy groups -OCH3 is 1. The van der Waals surface area contributed by atoms with Gasteiger partial charge in [-0.05, 0) is 45.0 Å². The van der Waals surface area contributed by atoms with Crippen LogP contribution in [-0.2, 0) is 4.79 Å². The van der Waals surface area contributed by atoms with E-state index >= 15 is 0 Å². The van der Waals surface area contributed by atoms with Crippen LogP contribution in [0, 0.1) is 6.92 Å². The van der Waals surface area contributed by atoms with E-state index in [1.54, 1.807) is 26.2 Å². The Bertz CT molecular complexity index is 684. The lowest BCUT2D eigenvalue weighted by atomic mass is 10.2. The zero-order valence-electron chi connectivity index (χ0n) is 15.1. The van der Waals surface area contributed by atoms with E-state index in [1.165, 1.54) is 5.56 Å². The number of hydrogen-bond acceptors (Lipinski definition) is 4. The van der Waals surface area contributed by atoms with Gasteiger partial charge in [-0.1, -0.05) is 29.8 Å². The van der Waals surface area contributed by atoms with Crippen LogP contribution >= 0.6 is 0 Å². The molecule has 0 aliphatic carbocycles. The maximum Gasteiger partial charge on any atom is 0.261 e. The number of para-hydroxylation sites is 2. The predicted octanol–water partition coefficient (Wildman–Crippen LogP) is 3.35. The molecule has 2 aromatic carbocycles. The van der Waals surface area contributed by atoms with E-state index in [0.717, 1.165) is 5.75 Å². The number of benzene rings is 2. The highest BCUT2D eigenvalue weighted by molar-refractivity contribution is 5.81. The number of rotatable bonds is 8. The highest BCUT2D eigenvalue weighted by atomic mass is 16.5. The lowest BCUT2D eigenvalue weighted by Crippen LogP contribution is -2.43. The van der Waals surface area contributed by atoms with Gasteiger partial charge < -0.3 is 19.5 Å². The van der Waals surface area contributed by atoms with Crippen molar-refractivity contribution in [3.8, 4) is 17.2 Å². The molecule has 134 valence electrons. The summed E-state index contributed by atoms with van der Waals surface area (Å²) in [6.07, 6.45) is -0.641. The van der Waals surface area contributed by atoms with Crippen molar-refractivity contribution in [2.24, 2.45) is 0 Å². The molecule has 0 unspecified atom stereocenters. The molecular weight excluding hydrogens is 318 g/mol. The fraction of sp³-hybridized carbons (Fsp3) is 0.350. The Morgan fingerprint density at radius 3 is 2.32 bits per heavy atom. The third kappa shape index (κ3) is 5.71. The standard InChI is InChI=1S/C20H25NO4/c1-14-9-11-17(12-10-14)24-13-15(2)21-20(22)16(3)25-19-8-6-5-7-18(19)23-4/h5-12,15-16H,13H2,1-4H3,(H,21,22)/t15-,16-/m1/s1. The van der Waals surface area contributed by atoms with Crippen LogP contribution in [-0.4, -0.2) is 31.8 Å². The molecule has 5 nitrogen and oxygen atoms in total. The zero-order valence-corrected chi connectivity index (χ0v) is 15.1. The number of hydrogen-bond donors (Lipinski definition) is 1. The molecule has 0 saturated carbocycles. The fourth-order valence-electron chi connectivity index (χ4n) is 2.22. The van der Waals surface area contributed by atoms with Gasteiger partial charge in [0.05, 0.1) is 13.2 Å². The third-order valence-corrected chi connectivity index (χ3v) is 3.65. The van der Waals surface area contributed by atoms with Crippen LogP contribution in [0.15, 0.2) is 48.5 Å². The first-order valence-corrected chi connectivity index (χ1v) is 8.29. The minimum atomic E-state index is -0.641. The minimum Gasteiger partial charge on any atom is -0.493 e. The van der Waals surface area contributed by atoms with Gasteiger partial charge >= 0.3 is 0 Å². The summed E-state index contributed by atoms with van der Waals surface area (Å²) in [7, 11) is 1.57. The maximum atomic E-state index is 12.3. The summed E-state index contributed by atoms with van der Waals surface area (Å²) in [4.78, 5) is 12.3. The molecule has 0 aliphatic rings. The molecule has 1 N–H and O–H groups in total. The molecule has 2 atom stereocenters. The largest absolute Gasteiger partial charge is 0.493 e. The highest BCUT2D eigenvalue weighted by Crippen LogP contribution is 2.26. The Hall–Kier alpha value is -2.69.